The molecule has 3 amide bonds. The van der Waals surface area contributed by atoms with E-state index in [0.717, 1.165) is 22.0 Å². The Hall–Kier alpha value is -5.00. The van der Waals surface area contributed by atoms with E-state index < -0.39 is 54.0 Å². The van der Waals surface area contributed by atoms with Gasteiger partial charge in [0.05, 0.1) is 12.1 Å². The molecule has 0 aliphatic heterocycles. The fraction of sp³-hybridized carbons (Fsp3) is 0.273. The number of aliphatic carboxylic acids is 1. The maximum Gasteiger partial charge on any atom is 0.326 e. The largest absolute Gasteiger partial charge is 0.480 e. The SMILES string of the molecule is CC(O)C(NC(=O)C(Cc1ccccc1)NC(=O)C(N)Cc1c[nH]c2ccccc12)C(=O)NC(Cc1ccccc1)C(=O)O. The predicted molar refractivity (Wildman–Crippen MR) is 165 cm³/mol. The van der Waals surface area contributed by atoms with Crippen LogP contribution < -0.4 is 21.7 Å². The van der Waals surface area contributed by atoms with Crippen molar-refractivity contribution >= 4 is 34.6 Å². The van der Waals surface area contributed by atoms with Crippen LogP contribution in [0.5, 0.6) is 0 Å². The topological polar surface area (TPSA) is 187 Å². The van der Waals surface area contributed by atoms with E-state index in [1.807, 2.05) is 30.3 Å². The minimum atomic E-state index is -1.49. The van der Waals surface area contributed by atoms with Crippen molar-refractivity contribution in [1.82, 2.24) is 20.9 Å². The number of carbonyl (C=O) groups excluding carboxylic acids is 3. The minimum Gasteiger partial charge on any atom is -0.480 e. The van der Waals surface area contributed by atoms with Crippen molar-refractivity contribution in [2.45, 2.75) is 56.5 Å². The average Bonchev–Trinajstić information content (AvgIpc) is 3.42. The number of rotatable bonds is 14. The van der Waals surface area contributed by atoms with Crippen LogP contribution in [0.3, 0.4) is 0 Å². The van der Waals surface area contributed by atoms with Crippen LogP contribution in [0.15, 0.2) is 91.1 Å². The molecule has 44 heavy (non-hydrogen) atoms. The van der Waals surface area contributed by atoms with Gasteiger partial charge in [-0.15, -0.1) is 0 Å². The van der Waals surface area contributed by atoms with Crippen LogP contribution in [-0.2, 0) is 38.4 Å². The highest BCUT2D eigenvalue weighted by atomic mass is 16.4. The Morgan fingerprint density at radius 2 is 1.27 bits per heavy atom. The summed E-state index contributed by atoms with van der Waals surface area (Å²) >= 11 is 0. The lowest BCUT2D eigenvalue weighted by molar-refractivity contribution is -0.143. The van der Waals surface area contributed by atoms with Gasteiger partial charge < -0.3 is 36.9 Å². The first-order valence-corrected chi connectivity index (χ1v) is 14.3. The van der Waals surface area contributed by atoms with Gasteiger partial charge in [0.25, 0.3) is 0 Å². The van der Waals surface area contributed by atoms with Gasteiger partial charge in [-0.1, -0.05) is 78.9 Å². The molecule has 0 fully saturated rings. The van der Waals surface area contributed by atoms with E-state index in [1.54, 1.807) is 60.8 Å². The van der Waals surface area contributed by atoms with E-state index in [0.29, 0.717) is 5.56 Å². The van der Waals surface area contributed by atoms with E-state index in [1.165, 1.54) is 6.92 Å². The standard InChI is InChI=1S/C33H37N5O6/c1-20(39)29(32(42)37-28(33(43)44)17-22-12-6-3-7-13-22)38-31(41)27(16-21-10-4-2-5-11-21)36-30(40)25(34)18-23-19-35-26-15-9-8-14-24(23)26/h2-15,19-20,25,27-29,35,39H,16-18,34H2,1H3,(H,36,40)(H,37,42)(H,38,41)(H,43,44). The van der Waals surface area contributed by atoms with Gasteiger partial charge in [0.2, 0.25) is 17.7 Å². The first kappa shape index (κ1) is 31.9. The summed E-state index contributed by atoms with van der Waals surface area (Å²) in [5.74, 6) is -3.45. The van der Waals surface area contributed by atoms with Gasteiger partial charge in [-0.05, 0) is 36.1 Å². The molecule has 11 heteroatoms. The summed E-state index contributed by atoms with van der Waals surface area (Å²) in [5, 5.41) is 28.7. The summed E-state index contributed by atoms with van der Waals surface area (Å²) in [6, 6.07) is 20.4. The second-order valence-electron chi connectivity index (χ2n) is 10.7. The highest BCUT2D eigenvalue weighted by Crippen LogP contribution is 2.19. The Morgan fingerprint density at radius 3 is 1.86 bits per heavy atom. The highest BCUT2D eigenvalue weighted by Gasteiger charge is 2.33. The number of aromatic amines is 1. The molecule has 5 unspecified atom stereocenters. The number of hydrogen-bond acceptors (Lipinski definition) is 6. The number of hydrogen-bond donors (Lipinski definition) is 7. The third-order valence-corrected chi connectivity index (χ3v) is 7.33. The van der Waals surface area contributed by atoms with Crippen LogP contribution in [0.1, 0.15) is 23.6 Å². The summed E-state index contributed by atoms with van der Waals surface area (Å²) in [4.78, 5) is 55.0. The number of para-hydroxylation sites is 1. The summed E-state index contributed by atoms with van der Waals surface area (Å²) in [6.45, 7) is 1.30. The van der Waals surface area contributed by atoms with Crippen molar-refractivity contribution in [2.24, 2.45) is 5.73 Å². The van der Waals surface area contributed by atoms with Crippen molar-refractivity contribution in [1.29, 1.82) is 0 Å². The molecular formula is C33H37N5O6. The quantitative estimate of drug-likeness (QED) is 0.114. The number of carboxylic acids is 1. The lowest BCUT2D eigenvalue weighted by Gasteiger charge is -2.26. The highest BCUT2D eigenvalue weighted by molar-refractivity contribution is 5.95. The zero-order valence-electron chi connectivity index (χ0n) is 24.3. The van der Waals surface area contributed by atoms with Gasteiger partial charge in [-0.3, -0.25) is 14.4 Å². The van der Waals surface area contributed by atoms with Gasteiger partial charge in [-0.25, -0.2) is 4.79 Å². The molecule has 0 aliphatic rings. The van der Waals surface area contributed by atoms with Crippen molar-refractivity contribution in [3.05, 3.63) is 108 Å². The monoisotopic (exact) mass is 599 g/mol. The molecule has 1 heterocycles. The number of carboxylic acid groups (broad SMARTS) is 1. The Labute approximate surface area is 254 Å². The zero-order chi connectivity index (χ0) is 31.6. The van der Waals surface area contributed by atoms with Crippen LogP contribution in [-0.4, -0.2) is 69.2 Å². The van der Waals surface area contributed by atoms with E-state index >= 15 is 0 Å². The predicted octanol–water partition coefficient (Wildman–Crippen LogP) is 1.44. The van der Waals surface area contributed by atoms with Crippen LogP contribution in [0.25, 0.3) is 10.9 Å². The first-order chi connectivity index (χ1) is 21.1. The summed E-state index contributed by atoms with van der Waals surface area (Å²) in [5.41, 5.74) is 9.45. The van der Waals surface area contributed by atoms with Gasteiger partial charge in [0, 0.05) is 29.9 Å². The molecule has 0 saturated carbocycles. The normalized spacial score (nSPS) is 14.5. The number of nitrogens with two attached hydrogens (primary N) is 1. The third kappa shape index (κ3) is 8.52. The molecule has 0 radical (unpaired) electrons. The summed E-state index contributed by atoms with van der Waals surface area (Å²) in [6.07, 6.45) is 0.718. The number of amides is 3. The Balaban J connectivity index is 1.47. The minimum absolute atomic E-state index is 0.00337. The Kier molecular flexibility index (Phi) is 10.8. The number of aliphatic hydroxyl groups is 1. The second-order valence-corrected chi connectivity index (χ2v) is 10.7. The summed E-state index contributed by atoms with van der Waals surface area (Å²) < 4.78 is 0. The summed E-state index contributed by atoms with van der Waals surface area (Å²) in [7, 11) is 0. The molecule has 4 aromatic rings. The number of carbonyl (C=O) groups is 4. The van der Waals surface area contributed by atoms with E-state index in [-0.39, 0.29) is 19.3 Å². The lowest BCUT2D eigenvalue weighted by atomic mass is 10.0. The number of benzene rings is 3. The number of aliphatic hydroxyl groups excluding tert-OH is 1. The zero-order valence-corrected chi connectivity index (χ0v) is 24.3. The molecular weight excluding hydrogens is 562 g/mol. The van der Waals surface area contributed by atoms with Crippen molar-refractivity contribution in [3.8, 4) is 0 Å². The van der Waals surface area contributed by atoms with Crippen LogP contribution in [0.4, 0.5) is 0 Å². The number of H-pyrrole nitrogens is 1. The van der Waals surface area contributed by atoms with Gasteiger partial charge in [0.15, 0.2) is 0 Å². The molecule has 5 atom stereocenters. The molecule has 0 spiro atoms. The van der Waals surface area contributed by atoms with E-state index in [2.05, 4.69) is 20.9 Å². The molecule has 0 aliphatic carbocycles. The molecule has 0 saturated heterocycles. The van der Waals surface area contributed by atoms with Crippen molar-refractivity contribution < 1.29 is 29.4 Å². The maximum absolute atomic E-state index is 13.5. The molecule has 230 valence electrons. The number of aromatic nitrogens is 1. The molecule has 1 aromatic heterocycles. The van der Waals surface area contributed by atoms with Gasteiger partial charge in [0.1, 0.15) is 18.1 Å². The smallest absolute Gasteiger partial charge is 0.326 e. The van der Waals surface area contributed by atoms with Crippen molar-refractivity contribution in [2.75, 3.05) is 0 Å². The van der Waals surface area contributed by atoms with Crippen LogP contribution >= 0.6 is 0 Å². The third-order valence-electron chi connectivity index (χ3n) is 7.33. The Bertz CT molecular complexity index is 1570. The molecule has 4 rings (SSSR count). The average molecular weight is 600 g/mol. The molecule has 8 N–H and O–H groups in total. The number of fused-ring (bicyclic) bond motifs is 1. The Morgan fingerprint density at radius 1 is 0.727 bits per heavy atom. The molecule has 0 bridgehead atoms. The van der Waals surface area contributed by atoms with E-state index in [9.17, 15) is 29.4 Å². The second kappa shape index (κ2) is 14.9. The maximum atomic E-state index is 13.5. The van der Waals surface area contributed by atoms with Crippen molar-refractivity contribution in [3.63, 3.8) is 0 Å². The van der Waals surface area contributed by atoms with Gasteiger partial charge in [-0.2, -0.15) is 0 Å². The lowest BCUT2D eigenvalue weighted by Crippen LogP contribution is -2.60. The van der Waals surface area contributed by atoms with E-state index in [4.69, 9.17) is 5.73 Å². The molecule has 3 aromatic carbocycles. The fourth-order valence-electron chi connectivity index (χ4n) is 4.94. The number of nitrogens with one attached hydrogen (secondary N) is 4. The first-order valence-electron chi connectivity index (χ1n) is 14.3. The van der Waals surface area contributed by atoms with Crippen LogP contribution in [0.2, 0.25) is 0 Å². The molecule has 11 nitrogen and oxygen atoms in total. The van der Waals surface area contributed by atoms with Gasteiger partial charge >= 0.3 is 5.97 Å². The van der Waals surface area contributed by atoms with Crippen LogP contribution in [0, 0.1) is 0 Å². The fourth-order valence-corrected chi connectivity index (χ4v) is 4.94.